The molecule has 3 aromatic carbocycles. The van der Waals surface area contributed by atoms with E-state index in [0.717, 1.165) is 117 Å². The molecule has 1 fully saturated rings. The molecule has 1 amide bonds. The van der Waals surface area contributed by atoms with Crippen molar-refractivity contribution >= 4 is 66.9 Å². The van der Waals surface area contributed by atoms with Crippen LogP contribution in [0.2, 0.25) is 0 Å². The summed E-state index contributed by atoms with van der Waals surface area (Å²) in [6.07, 6.45) is 7.39. The van der Waals surface area contributed by atoms with E-state index in [-0.39, 0.29) is 47.9 Å². The number of phosphoric ester groups is 1. The quantitative estimate of drug-likeness (QED) is 0.0219. The predicted molar refractivity (Wildman–Crippen MR) is 288 cm³/mol. The number of aromatic amines is 1. The Labute approximate surface area is 463 Å². The number of amides is 1. The van der Waals surface area contributed by atoms with Crippen LogP contribution in [0.4, 0.5) is 5.69 Å². The molecule has 0 bridgehead atoms. The molecular weight excluding hydrogens is 1170 g/mol. The van der Waals surface area contributed by atoms with Gasteiger partial charge in [-0.25, -0.2) is 36.2 Å². The Kier molecular flexibility index (Phi) is 16.9. The van der Waals surface area contributed by atoms with Gasteiger partial charge in [-0.15, -0.1) is 0 Å². The lowest BCUT2D eigenvalue weighted by molar-refractivity contribution is -0.121. The molecule has 10 rings (SSSR count). The van der Waals surface area contributed by atoms with Crippen molar-refractivity contribution in [1.29, 1.82) is 0 Å². The number of unbranched alkanes of at least 4 members (excludes halogenated alkanes) is 2. The highest BCUT2D eigenvalue weighted by Crippen LogP contribution is 2.66. The van der Waals surface area contributed by atoms with E-state index >= 15 is 0 Å². The van der Waals surface area contributed by atoms with Crippen molar-refractivity contribution in [2.45, 2.75) is 112 Å². The van der Waals surface area contributed by atoms with Gasteiger partial charge in [-0.1, -0.05) is 24.6 Å². The zero-order valence-corrected chi connectivity index (χ0v) is 47.6. The molecule has 4 aromatic rings. The highest BCUT2D eigenvalue weighted by molar-refractivity contribution is 7.89. The molecule has 0 saturated carbocycles. The molecule has 6 aliphatic rings. The second kappa shape index (κ2) is 23.2. The van der Waals surface area contributed by atoms with Gasteiger partial charge in [0.05, 0.1) is 28.7 Å². The smallest absolute Gasteiger partial charge is 0.455 e. The van der Waals surface area contributed by atoms with Crippen LogP contribution in [0.3, 0.4) is 0 Å². The average Bonchev–Trinajstić information content (AvgIpc) is 3.86. The summed E-state index contributed by atoms with van der Waals surface area (Å²) in [4.78, 5) is 78.0. The number of H-pyrrole nitrogens is 1. The van der Waals surface area contributed by atoms with E-state index in [4.69, 9.17) is 19.3 Å². The van der Waals surface area contributed by atoms with E-state index in [1.165, 1.54) is 35.3 Å². The van der Waals surface area contributed by atoms with Gasteiger partial charge in [-0.05, 0) is 81.2 Å². The number of benzene rings is 3. The number of nitrogens with one attached hydrogen (secondary N) is 3. The van der Waals surface area contributed by atoms with Crippen LogP contribution < -0.4 is 46.1 Å². The number of aryl methyl sites for hydroxylation is 2. The highest BCUT2D eigenvalue weighted by Gasteiger charge is 2.44. The molecule has 0 aliphatic carbocycles. The van der Waals surface area contributed by atoms with Crippen molar-refractivity contribution in [3.8, 4) is 11.5 Å². The third-order valence-corrected chi connectivity index (χ3v) is 21.1. The van der Waals surface area contributed by atoms with Gasteiger partial charge >= 0.3 is 29.2 Å². The average molecular weight is 1230 g/mol. The molecule has 27 nitrogen and oxygen atoms in total. The minimum Gasteiger partial charge on any atom is -0.455 e. The van der Waals surface area contributed by atoms with Crippen LogP contribution in [0.15, 0.2) is 62.0 Å². The second-order valence-electron chi connectivity index (χ2n) is 20.5. The molecule has 9 N–H and O–H groups in total. The zero-order valence-electron chi connectivity index (χ0n) is 43.3. The van der Waals surface area contributed by atoms with Crippen LogP contribution in [0.5, 0.6) is 11.5 Å². The lowest BCUT2D eigenvalue weighted by atomic mass is 9.82. The van der Waals surface area contributed by atoms with Crippen LogP contribution in [0.25, 0.3) is 11.6 Å². The first-order valence-corrected chi connectivity index (χ1v) is 33.7. The molecule has 438 valence electrons. The van der Waals surface area contributed by atoms with Gasteiger partial charge in [0.2, 0.25) is 21.3 Å². The third kappa shape index (κ3) is 13.0. The second-order valence-corrected chi connectivity index (χ2v) is 28.0. The van der Waals surface area contributed by atoms with Crippen molar-refractivity contribution in [3.63, 3.8) is 0 Å². The van der Waals surface area contributed by atoms with E-state index in [9.17, 15) is 64.4 Å². The summed E-state index contributed by atoms with van der Waals surface area (Å²) in [6.45, 7) is 2.64. The fraction of sp³-hybridized carbons (Fsp3) is 0.469. The van der Waals surface area contributed by atoms with Gasteiger partial charge in [0.1, 0.15) is 41.8 Å². The van der Waals surface area contributed by atoms with Crippen LogP contribution >= 0.6 is 23.5 Å². The van der Waals surface area contributed by atoms with Crippen molar-refractivity contribution in [2.75, 3.05) is 50.8 Å². The summed E-state index contributed by atoms with van der Waals surface area (Å²) >= 11 is 0. The number of aromatic nitrogens is 2. The van der Waals surface area contributed by atoms with Gasteiger partial charge in [-0.3, -0.25) is 28.2 Å². The van der Waals surface area contributed by atoms with Gasteiger partial charge in [-0.2, -0.15) is 17.0 Å². The maximum atomic E-state index is 13.8. The number of carbonyl (C=O) groups excluding carboxylic acids is 1. The zero-order chi connectivity index (χ0) is 57.8. The summed E-state index contributed by atoms with van der Waals surface area (Å²) in [5, 5.41) is 15.0. The molecule has 32 heteroatoms. The number of phosphoric acid groups is 3. The lowest BCUT2D eigenvalue weighted by Gasteiger charge is -2.39. The molecule has 2 unspecified atom stereocenters. The summed E-state index contributed by atoms with van der Waals surface area (Å²) in [7, 11) is -26.3. The first-order chi connectivity index (χ1) is 38.3. The summed E-state index contributed by atoms with van der Waals surface area (Å²) in [5.74, 6) is 0.967. The van der Waals surface area contributed by atoms with Crippen molar-refractivity contribution in [1.82, 2.24) is 24.2 Å². The lowest BCUT2D eigenvalue weighted by Crippen LogP contribution is -2.45. The van der Waals surface area contributed by atoms with Gasteiger partial charge in [0.15, 0.2) is 0 Å². The fourth-order valence-electron chi connectivity index (χ4n) is 11.6. The molecule has 7 heterocycles. The molecular formula is C49H60N6O21P3S2+. The number of fused-ring (bicyclic) bond motifs is 4. The Hall–Kier alpha value is -5.03. The minimum atomic E-state index is -5.81. The summed E-state index contributed by atoms with van der Waals surface area (Å²) < 4.78 is 130. The molecule has 1 aromatic heterocycles. The van der Waals surface area contributed by atoms with Crippen LogP contribution in [-0.2, 0) is 82.2 Å². The van der Waals surface area contributed by atoms with Gasteiger partial charge < -0.3 is 44.4 Å². The van der Waals surface area contributed by atoms with Gasteiger partial charge in [0.25, 0.3) is 15.7 Å². The molecule has 5 atom stereocenters. The number of aliphatic hydroxyl groups is 1. The first-order valence-electron chi connectivity index (χ1n) is 26.2. The maximum Gasteiger partial charge on any atom is 0.490 e. The fourth-order valence-corrected chi connectivity index (χ4v) is 16.5. The number of aliphatic hydroxyl groups excluding tert-OH is 1. The van der Waals surface area contributed by atoms with E-state index in [2.05, 4.69) is 49.8 Å². The number of carbonyl (C=O) groups is 1. The molecule has 6 aliphatic heterocycles. The Morgan fingerprint density at radius 2 is 1.59 bits per heavy atom. The third-order valence-electron chi connectivity index (χ3n) is 14.9. The predicted octanol–water partition coefficient (Wildman–Crippen LogP) is 1.88. The normalized spacial score (nSPS) is 21.1. The van der Waals surface area contributed by atoms with E-state index in [1.54, 1.807) is 0 Å². The van der Waals surface area contributed by atoms with E-state index in [0.29, 0.717) is 47.1 Å². The SMILES string of the molecule is O=C(CCCCCNS(=O)(=O)c1ccc(C2=c3cc4c5c(c3Oc3c2cc2c6c3CCCN6CCC2)CCC[N+]=5CCC4)c(S(=O)(=O)O)c1)NC/C=C/c1cn([C@H]2C[C@H](O)[C@@H](COP(=O)(O)OP(=O)(O)OP(=O)(O)O)O2)c(=O)[nH]c1=O. The van der Waals surface area contributed by atoms with Crippen LogP contribution in [0, 0.1) is 0 Å². The van der Waals surface area contributed by atoms with E-state index < -0.39 is 84.8 Å². The Balaban J connectivity index is 0.756. The van der Waals surface area contributed by atoms with Crippen molar-refractivity contribution < 1.29 is 87.2 Å². The molecule has 0 radical (unpaired) electrons. The molecule has 81 heavy (non-hydrogen) atoms. The number of hydrogen-bond donors (Lipinski definition) is 9. The van der Waals surface area contributed by atoms with Crippen LogP contribution in [-0.4, -0.2) is 120 Å². The Bertz CT molecular complexity index is 3900. The maximum absolute atomic E-state index is 13.8. The van der Waals surface area contributed by atoms with Crippen molar-refractivity contribution in [3.05, 3.63) is 113 Å². The highest BCUT2D eigenvalue weighted by atomic mass is 32.2. The molecule has 1 saturated heterocycles. The summed E-state index contributed by atoms with van der Waals surface area (Å²) in [6, 6.07) is 7.99. The van der Waals surface area contributed by atoms with Crippen LogP contribution in [0.1, 0.15) is 103 Å². The Morgan fingerprint density at radius 1 is 0.864 bits per heavy atom. The molecule has 0 spiro atoms. The van der Waals surface area contributed by atoms with E-state index in [1.807, 2.05) is 0 Å². The largest absolute Gasteiger partial charge is 0.490 e. The monoisotopic (exact) mass is 1230 g/mol. The van der Waals surface area contributed by atoms with Gasteiger partial charge in [0, 0.05) is 96.8 Å². The number of rotatable bonds is 21. The minimum absolute atomic E-state index is 0.0504. The standard InChI is InChI=1S/C49H59N6O21P3S2/c56-38-26-42(73-39(38)28-72-78(63,64)76-79(65,66)75-77(60,61)62)55-27-31(48(58)52-49(55)59)9-4-17-50-41(57)14-2-1-3-18-51-80(67,68)32-15-16-33(40(25-32)81(69,70)71)43-36-23-29-10-5-19-53-21-7-12-34(44(29)53)46(36)74-47-35-13-8-22-54-20-6-11-30(45(35)54)24-37(43)47/h4,9,15-16,23-25,27,38-39,42,51,56H,1-3,5-8,10-14,17-22,26,28H2,(H6-,50,52,57,58,59,60,61,62,63,64,65,66,69,70,71)/p+1/b9-4+/t38-,39+,42+/m0/s1. The number of hydrogen-bond acceptors (Lipinski definition) is 17. The number of sulfonamides is 1. The summed E-state index contributed by atoms with van der Waals surface area (Å²) in [5.41, 5.74) is 5.17. The number of anilines is 1. The Morgan fingerprint density at radius 3 is 2.35 bits per heavy atom. The number of ether oxygens (including phenoxy) is 2. The topological polar surface area (TPSA) is 389 Å². The first kappa shape index (κ1) is 59.1. The van der Waals surface area contributed by atoms with Crippen molar-refractivity contribution in [2.24, 2.45) is 0 Å². The number of nitrogens with zero attached hydrogens (tertiary/aromatic N) is 3.